The van der Waals surface area contributed by atoms with E-state index in [9.17, 15) is 0 Å². The number of aromatic nitrogens is 2. The lowest BCUT2D eigenvalue weighted by molar-refractivity contribution is 0.162. The van der Waals surface area contributed by atoms with E-state index in [2.05, 4.69) is 9.97 Å². The van der Waals surface area contributed by atoms with Gasteiger partial charge in [0.1, 0.15) is 0 Å². The summed E-state index contributed by atoms with van der Waals surface area (Å²) in [5.74, 6) is 0. The summed E-state index contributed by atoms with van der Waals surface area (Å²) in [5, 5.41) is 0. The number of imidazole rings is 1. The number of H-pyrrole nitrogens is 1. The van der Waals surface area contributed by atoms with Crippen molar-refractivity contribution in [3.05, 3.63) is 18.2 Å². The fourth-order valence-corrected chi connectivity index (χ4v) is 0.781. The maximum Gasteiger partial charge on any atom is 0.0921 e. The summed E-state index contributed by atoms with van der Waals surface area (Å²) in [4.78, 5) is 6.78. The highest BCUT2D eigenvalue weighted by molar-refractivity contribution is 5.85. The molecule has 3 N–H and O–H groups in total. The van der Waals surface area contributed by atoms with Crippen LogP contribution in [0.25, 0.3) is 0 Å². The van der Waals surface area contributed by atoms with Crippen LogP contribution in [0.1, 0.15) is 19.5 Å². The summed E-state index contributed by atoms with van der Waals surface area (Å²) in [5.41, 5.74) is 6.38. The number of nitrogens with one attached hydrogen (secondary N) is 1. The molecule has 0 saturated carbocycles. The average molecular weight is 222 g/mol. The second kappa shape index (κ2) is 12.4. The first kappa shape index (κ1) is 15.9. The van der Waals surface area contributed by atoms with Crippen LogP contribution in [0.5, 0.6) is 0 Å². The second-order valence-corrected chi connectivity index (χ2v) is 2.40. The maximum absolute atomic E-state index is 5.27. The van der Waals surface area contributed by atoms with Crippen molar-refractivity contribution in [3.8, 4) is 0 Å². The van der Waals surface area contributed by atoms with Gasteiger partial charge in [0, 0.05) is 31.5 Å². The number of nitrogens with two attached hydrogens (primary N) is 1. The van der Waals surface area contributed by atoms with E-state index in [4.69, 9.17) is 10.5 Å². The molecule has 4 nitrogen and oxygen atoms in total. The Morgan fingerprint density at radius 3 is 2.36 bits per heavy atom. The van der Waals surface area contributed by atoms with Gasteiger partial charge in [0.25, 0.3) is 0 Å². The minimum absolute atomic E-state index is 0. The number of hydrogen-bond donors (Lipinski definition) is 2. The number of aromatic amines is 1. The van der Waals surface area contributed by atoms with E-state index >= 15 is 0 Å². The SMILES string of the molecule is CCOCC.Cl.NCCc1cnc[nH]1. The van der Waals surface area contributed by atoms with Gasteiger partial charge >= 0.3 is 0 Å². The van der Waals surface area contributed by atoms with Crippen molar-refractivity contribution in [1.29, 1.82) is 0 Å². The van der Waals surface area contributed by atoms with E-state index in [0.717, 1.165) is 25.3 Å². The molecule has 14 heavy (non-hydrogen) atoms. The zero-order valence-electron chi connectivity index (χ0n) is 8.82. The molecule has 0 saturated heterocycles. The smallest absolute Gasteiger partial charge is 0.0921 e. The molecule has 1 rings (SSSR count). The summed E-state index contributed by atoms with van der Waals surface area (Å²) in [6.07, 6.45) is 4.33. The molecule has 0 unspecified atom stereocenters. The first-order chi connectivity index (χ1) is 6.35. The van der Waals surface area contributed by atoms with Crippen molar-refractivity contribution in [2.75, 3.05) is 19.8 Å². The van der Waals surface area contributed by atoms with Crippen LogP contribution in [0, 0.1) is 0 Å². The Labute approximate surface area is 91.7 Å². The minimum Gasteiger partial charge on any atom is -0.382 e. The van der Waals surface area contributed by atoms with Gasteiger partial charge < -0.3 is 15.5 Å². The van der Waals surface area contributed by atoms with Crippen LogP contribution in [0.2, 0.25) is 0 Å². The lowest BCUT2D eigenvalue weighted by Gasteiger charge is -1.86. The summed E-state index contributed by atoms with van der Waals surface area (Å²) < 4.78 is 4.83. The number of nitrogens with zero attached hydrogens (tertiary/aromatic N) is 1. The molecule has 1 aromatic heterocycles. The Kier molecular flexibility index (Phi) is 14.1. The lowest BCUT2D eigenvalue weighted by atomic mass is 10.3. The minimum atomic E-state index is 0. The van der Waals surface area contributed by atoms with Gasteiger partial charge in [-0.25, -0.2) is 4.98 Å². The monoisotopic (exact) mass is 221 g/mol. The molecular formula is C9H20ClN3O. The van der Waals surface area contributed by atoms with Crippen molar-refractivity contribution in [2.24, 2.45) is 5.73 Å². The van der Waals surface area contributed by atoms with E-state index in [0.29, 0.717) is 6.54 Å². The Morgan fingerprint density at radius 2 is 2.07 bits per heavy atom. The van der Waals surface area contributed by atoms with Crippen LogP contribution in [0.3, 0.4) is 0 Å². The van der Waals surface area contributed by atoms with Crippen molar-refractivity contribution in [2.45, 2.75) is 20.3 Å². The fourth-order valence-electron chi connectivity index (χ4n) is 0.781. The van der Waals surface area contributed by atoms with Crippen LogP contribution in [-0.4, -0.2) is 29.7 Å². The van der Waals surface area contributed by atoms with Gasteiger partial charge in [-0.15, -0.1) is 12.4 Å². The van der Waals surface area contributed by atoms with Crippen LogP contribution in [-0.2, 0) is 11.2 Å². The highest BCUT2D eigenvalue weighted by atomic mass is 35.5. The van der Waals surface area contributed by atoms with Gasteiger partial charge in [-0.3, -0.25) is 0 Å². The Bertz CT molecular complexity index is 178. The number of hydrogen-bond acceptors (Lipinski definition) is 3. The van der Waals surface area contributed by atoms with Gasteiger partial charge in [-0.2, -0.15) is 0 Å². The summed E-state index contributed by atoms with van der Waals surface area (Å²) in [7, 11) is 0. The molecule has 0 fully saturated rings. The Balaban J connectivity index is 0. The topological polar surface area (TPSA) is 63.9 Å². The number of ether oxygens (including phenoxy) is 1. The molecule has 1 heterocycles. The molecule has 0 aliphatic rings. The van der Waals surface area contributed by atoms with E-state index in [-0.39, 0.29) is 12.4 Å². The lowest BCUT2D eigenvalue weighted by Crippen LogP contribution is -2.02. The molecule has 0 bridgehead atoms. The zero-order chi connectivity index (χ0) is 9.94. The fraction of sp³-hybridized carbons (Fsp3) is 0.667. The summed E-state index contributed by atoms with van der Waals surface area (Å²) >= 11 is 0. The molecule has 0 aromatic carbocycles. The predicted molar refractivity (Wildman–Crippen MR) is 60.8 cm³/mol. The quantitative estimate of drug-likeness (QED) is 0.808. The Hall–Kier alpha value is -0.580. The molecule has 0 atom stereocenters. The molecule has 5 heteroatoms. The Morgan fingerprint density at radius 1 is 1.43 bits per heavy atom. The van der Waals surface area contributed by atoms with Crippen molar-refractivity contribution < 1.29 is 4.74 Å². The maximum atomic E-state index is 5.27. The molecule has 84 valence electrons. The van der Waals surface area contributed by atoms with Gasteiger partial charge in [0.05, 0.1) is 6.33 Å². The normalized spacial score (nSPS) is 8.50. The van der Waals surface area contributed by atoms with Crippen LogP contribution in [0.4, 0.5) is 0 Å². The first-order valence-corrected chi connectivity index (χ1v) is 4.60. The summed E-state index contributed by atoms with van der Waals surface area (Å²) in [6.45, 7) is 6.35. The van der Waals surface area contributed by atoms with Gasteiger partial charge in [0.2, 0.25) is 0 Å². The molecule has 0 aliphatic carbocycles. The number of rotatable bonds is 4. The highest BCUT2D eigenvalue weighted by Crippen LogP contribution is 1.88. The van der Waals surface area contributed by atoms with Crippen molar-refractivity contribution in [1.82, 2.24) is 9.97 Å². The molecule has 0 radical (unpaired) electrons. The number of halogens is 1. The highest BCUT2D eigenvalue weighted by Gasteiger charge is 1.87. The first-order valence-electron chi connectivity index (χ1n) is 4.60. The molecule has 0 amide bonds. The van der Waals surface area contributed by atoms with Crippen LogP contribution < -0.4 is 5.73 Å². The van der Waals surface area contributed by atoms with E-state index < -0.39 is 0 Å². The standard InChI is InChI=1S/C5H9N3.C4H10O.ClH/c6-2-1-5-3-7-4-8-5;1-3-5-4-2;/h3-4H,1-2,6H2,(H,7,8);3-4H2,1-2H3;1H. The van der Waals surface area contributed by atoms with Gasteiger partial charge in [0.15, 0.2) is 0 Å². The van der Waals surface area contributed by atoms with Gasteiger partial charge in [-0.1, -0.05) is 0 Å². The van der Waals surface area contributed by atoms with Crippen LogP contribution >= 0.6 is 12.4 Å². The van der Waals surface area contributed by atoms with E-state index in [1.165, 1.54) is 0 Å². The molecule has 0 aliphatic heterocycles. The molecule has 1 aromatic rings. The van der Waals surface area contributed by atoms with E-state index in [1.54, 1.807) is 12.5 Å². The zero-order valence-corrected chi connectivity index (χ0v) is 9.64. The predicted octanol–water partition coefficient (Wildman–Crippen LogP) is 1.38. The van der Waals surface area contributed by atoms with Crippen LogP contribution in [0.15, 0.2) is 12.5 Å². The van der Waals surface area contributed by atoms with E-state index in [1.807, 2.05) is 13.8 Å². The molecule has 0 spiro atoms. The third-order valence-corrected chi connectivity index (χ3v) is 1.38. The van der Waals surface area contributed by atoms with Crippen molar-refractivity contribution >= 4 is 12.4 Å². The average Bonchev–Trinajstić information content (AvgIpc) is 2.60. The third-order valence-electron chi connectivity index (χ3n) is 1.38. The second-order valence-electron chi connectivity index (χ2n) is 2.40. The third kappa shape index (κ3) is 9.51. The molecular weight excluding hydrogens is 202 g/mol. The van der Waals surface area contributed by atoms with Crippen molar-refractivity contribution in [3.63, 3.8) is 0 Å². The summed E-state index contributed by atoms with van der Waals surface area (Å²) in [6, 6.07) is 0. The van der Waals surface area contributed by atoms with Gasteiger partial charge in [-0.05, 0) is 20.4 Å². The largest absolute Gasteiger partial charge is 0.382 e.